The molecule has 0 saturated heterocycles. The maximum atomic E-state index is 9.46. The molecule has 94 valence electrons. The average molecular weight is 259 g/mol. The summed E-state index contributed by atoms with van der Waals surface area (Å²) in [6.45, 7) is 3.08. The molecule has 0 fully saturated rings. The summed E-state index contributed by atoms with van der Waals surface area (Å²) >= 11 is 4.71. The van der Waals surface area contributed by atoms with Gasteiger partial charge in [-0.15, -0.1) is 0 Å². The average Bonchev–Trinajstić information content (AvgIpc) is 2.37. The molecular weight excluding hydrogens is 244 g/mol. The number of hydrogen-bond donors (Lipinski definition) is 0. The molecule has 0 heterocycles. The molecule has 0 aliphatic heterocycles. The molecule has 0 unspecified atom stereocenters. The van der Waals surface area contributed by atoms with E-state index in [9.17, 15) is 4.79 Å². The monoisotopic (exact) mass is 258 g/mol. The highest BCUT2D eigenvalue weighted by Gasteiger charge is 2.08. The number of methoxy groups -OCH3 is 3. The van der Waals surface area contributed by atoms with E-state index in [1.165, 1.54) is 0 Å². The van der Waals surface area contributed by atoms with Crippen LogP contribution >= 0.6 is 11.6 Å². The van der Waals surface area contributed by atoms with Crippen LogP contribution in [0.4, 0.5) is 0 Å². The summed E-state index contributed by atoms with van der Waals surface area (Å²) < 4.78 is 15.3. The van der Waals surface area contributed by atoms with Gasteiger partial charge in [0, 0.05) is 0 Å². The van der Waals surface area contributed by atoms with Crippen LogP contribution in [0.1, 0.15) is 0 Å². The van der Waals surface area contributed by atoms with Crippen LogP contribution < -0.4 is 14.2 Å². The van der Waals surface area contributed by atoms with E-state index in [4.69, 9.17) is 25.8 Å². The van der Waals surface area contributed by atoms with Crippen LogP contribution in [0.15, 0.2) is 30.9 Å². The molecule has 0 aliphatic rings. The fourth-order valence-electron chi connectivity index (χ4n) is 1.02. The summed E-state index contributed by atoms with van der Waals surface area (Å²) in [5.74, 6) is 1.98. The summed E-state index contributed by atoms with van der Waals surface area (Å²) in [5, 5.41) is -0.509. The largest absolute Gasteiger partial charge is 0.493 e. The van der Waals surface area contributed by atoms with Gasteiger partial charge in [-0.2, -0.15) is 0 Å². The highest BCUT2D eigenvalue weighted by Crippen LogP contribution is 2.35. The molecule has 0 radical (unpaired) electrons. The van der Waals surface area contributed by atoms with Gasteiger partial charge in [-0.3, -0.25) is 4.79 Å². The Morgan fingerprint density at radius 3 is 1.82 bits per heavy atom. The molecule has 0 aliphatic carbocycles. The zero-order valence-corrected chi connectivity index (χ0v) is 10.8. The van der Waals surface area contributed by atoms with Crippen molar-refractivity contribution in [2.45, 2.75) is 0 Å². The predicted molar refractivity (Wildman–Crippen MR) is 67.2 cm³/mol. The van der Waals surface area contributed by atoms with Crippen LogP contribution in [0, 0.1) is 0 Å². The molecule has 1 aromatic rings. The van der Waals surface area contributed by atoms with Crippen molar-refractivity contribution in [2.24, 2.45) is 0 Å². The van der Waals surface area contributed by atoms with Gasteiger partial charge in [0.15, 0.2) is 11.5 Å². The molecule has 0 atom stereocenters. The highest BCUT2D eigenvalue weighted by atomic mass is 35.5. The van der Waals surface area contributed by atoms with Gasteiger partial charge in [0.2, 0.25) is 11.0 Å². The number of ether oxygens (including phenoxy) is 3. The Bertz CT molecular complexity index is 355. The zero-order chi connectivity index (χ0) is 13.3. The quantitative estimate of drug-likeness (QED) is 0.615. The first-order valence-electron chi connectivity index (χ1n) is 4.67. The second-order valence-corrected chi connectivity index (χ2v) is 3.08. The molecule has 0 aromatic heterocycles. The van der Waals surface area contributed by atoms with E-state index in [0.29, 0.717) is 17.2 Å². The van der Waals surface area contributed by atoms with Crippen LogP contribution in [0.3, 0.4) is 0 Å². The standard InChI is InChI=1S/C9H12O3.C3H3ClO/c1-10-7-5-4-6-8(11-2)9(7)12-3;1-2-3(4)5/h4-6H,1-3H3;2H,1H2. The van der Waals surface area contributed by atoms with Crippen LogP contribution in [0.2, 0.25) is 0 Å². The van der Waals surface area contributed by atoms with Crippen molar-refractivity contribution in [2.75, 3.05) is 21.3 Å². The lowest BCUT2D eigenvalue weighted by molar-refractivity contribution is -0.107. The summed E-state index contributed by atoms with van der Waals surface area (Å²) in [6, 6.07) is 5.49. The van der Waals surface area contributed by atoms with Gasteiger partial charge in [0.05, 0.1) is 21.3 Å². The second-order valence-electron chi connectivity index (χ2n) is 2.70. The number of hydrogen-bond acceptors (Lipinski definition) is 4. The van der Waals surface area contributed by atoms with Gasteiger partial charge >= 0.3 is 0 Å². The van der Waals surface area contributed by atoms with E-state index in [1.807, 2.05) is 18.2 Å². The van der Waals surface area contributed by atoms with E-state index in [1.54, 1.807) is 21.3 Å². The first-order valence-corrected chi connectivity index (χ1v) is 5.05. The minimum atomic E-state index is -0.509. The van der Waals surface area contributed by atoms with Crippen LogP contribution in [-0.2, 0) is 4.79 Å². The van der Waals surface area contributed by atoms with Crippen LogP contribution in [0.5, 0.6) is 17.2 Å². The first kappa shape index (κ1) is 15.3. The Morgan fingerprint density at radius 2 is 1.59 bits per heavy atom. The lowest BCUT2D eigenvalue weighted by atomic mass is 10.3. The molecule has 5 heteroatoms. The molecule has 17 heavy (non-hydrogen) atoms. The molecule has 1 aromatic carbocycles. The molecule has 1 rings (SSSR count). The summed E-state index contributed by atoms with van der Waals surface area (Å²) in [7, 11) is 4.77. The van der Waals surface area contributed by atoms with Gasteiger partial charge in [0.1, 0.15) is 0 Å². The third-order valence-electron chi connectivity index (χ3n) is 1.75. The Labute approximate surface area is 106 Å². The van der Waals surface area contributed by atoms with Crippen molar-refractivity contribution < 1.29 is 19.0 Å². The Morgan fingerprint density at radius 1 is 1.18 bits per heavy atom. The molecule has 0 bridgehead atoms. The first-order chi connectivity index (χ1) is 8.10. The Hall–Kier alpha value is -1.68. The van der Waals surface area contributed by atoms with Crippen molar-refractivity contribution in [1.82, 2.24) is 0 Å². The number of carbonyl (C=O) groups is 1. The van der Waals surface area contributed by atoms with Crippen molar-refractivity contribution in [3.63, 3.8) is 0 Å². The normalized spacial score (nSPS) is 8.47. The van der Waals surface area contributed by atoms with Gasteiger partial charge < -0.3 is 14.2 Å². The third kappa shape index (κ3) is 5.26. The number of rotatable bonds is 4. The van der Waals surface area contributed by atoms with E-state index in [2.05, 4.69) is 6.58 Å². The number of allylic oxidation sites excluding steroid dienone is 1. The fraction of sp³-hybridized carbons (Fsp3) is 0.250. The van der Waals surface area contributed by atoms with Crippen molar-refractivity contribution in [3.05, 3.63) is 30.9 Å². The predicted octanol–water partition coefficient (Wildman–Crippen LogP) is 2.65. The molecule has 4 nitrogen and oxygen atoms in total. The van der Waals surface area contributed by atoms with E-state index in [-0.39, 0.29) is 0 Å². The topological polar surface area (TPSA) is 44.8 Å². The highest BCUT2D eigenvalue weighted by molar-refractivity contribution is 6.66. The van der Waals surface area contributed by atoms with Crippen molar-refractivity contribution >= 4 is 16.8 Å². The molecule has 0 saturated carbocycles. The molecule has 0 amide bonds. The van der Waals surface area contributed by atoms with Crippen molar-refractivity contribution in [3.8, 4) is 17.2 Å². The third-order valence-corrected chi connectivity index (χ3v) is 1.90. The smallest absolute Gasteiger partial charge is 0.244 e. The molecule has 0 spiro atoms. The van der Waals surface area contributed by atoms with E-state index < -0.39 is 5.24 Å². The Kier molecular flexibility index (Phi) is 7.63. The lowest BCUT2D eigenvalue weighted by Gasteiger charge is -2.10. The van der Waals surface area contributed by atoms with E-state index in [0.717, 1.165) is 6.08 Å². The van der Waals surface area contributed by atoms with Gasteiger partial charge in [-0.1, -0.05) is 12.6 Å². The maximum absolute atomic E-state index is 9.46. The molecular formula is C12H15ClO4. The summed E-state index contributed by atoms with van der Waals surface area (Å²) in [5.41, 5.74) is 0. The minimum absolute atomic E-state index is 0.509. The van der Waals surface area contributed by atoms with Crippen LogP contribution in [0.25, 0.3) is 0 Å². The number of halogens is 1. The fourth-order valence-corrected chi connectivity index (χ4v) is 1.02. The Balaban J connectivity index is 0.000000437. The molecule has 0 N–H and O–H groups in total. The number of carbonyl (C=O) groups excluding carboxylic acids is 1. The SMILES string of the molecule is C=CC(=O)Cl.COc1cccc(OC)c1OC. The number of para-hydroxylation sites is 1. The van der Waals surface area contributed by atoms with Gasteiger partial charge in [-0.25, -0.2) is 0 Å². The van der Waals surface area contributed by atoms with Gasteiger partial charge in [0.25, 0.3) is 0 Å². The summed E-state index contributed by atoms with van der Waals surface area (Å²) in [4.78, 5) is 9.46. The second kappa shape index (κ2) is 8.47. The maximum Gasteiger partial charge on any atom is 0.244 e. The lowest BCUT2D eigenvalue weighted by Crippen LogP contribution is -1.93. The zero-order valence-electron chi connectivity index (χ0n) is 10.0. The number of benzene rings is 1. The van der Waals surface area contributed by atoms with Crippen LogP contribution in [-0.4, -0.2) is 26.6 Å². The van der Waals surface area contributed by atoms with Gasteiger partial charge in [-0.05, 0) is 29.8 Å². The minimum Gasteiger partial charge on any atom is -0.493 e. The van der Waals surface area contributed by atoms with Crippen molar-refractivity contribution in [1.29, 1.82) is 0 Å². The van der Waals surface area contributed by atoms with E-state index >= 15 is 0 Å². The summed E-state index contributed by atoms with van der Waals surface area (Å²) in [6.07, 6.45) is 1.04.